The smallest absolute Gasteiger partial charge is 0.0708 e. The van der Waals surface area contributed by atoms with E-state index in [0.717, 1.165) is 27.5 Å². The number of fused-ring (bicyclic) bond motifs is 8. The molecule has 0 atom stereocenters. The van der Waals surface area contributed by atoms with Crippen LogP contribution in [0.3, 0.4) is 0 Å². The predicted octanol–water partition coefficient (Wildman–Crippen LogP) is 8.70. The second kappa shape index (κ2) is 7.74. The number of rotatable bonds is 2. The summed E-state index contributed by atoms with van der Waals surface area (Å²) in [6, 6.07) is 38.9. The van der Waals surface area contributed by atoms with Crippen molar-refractivity contribution in [3.63, 3.8) is 0 Å². The molecule has 0 aliphatic rings. The lowest BCUT2D eigenvalue weighted by Crippen LogP contribution is -1.93. The van der Waals surface area contributed by atoms with Gasteiger partial charge in [0.1, 0.15) is 0 Å². The van der Waals surface area contributed by atoms with Crippen molar-refractivity contribution in [2.45, 2.75) is 0 Å². The zero-order valence-electron chi connectivity index (χ0n) is 20.0. The lowest BCUT2D eigenvalue weighted by atomic mass is 9.92. The van der Waals surface area contributed by atoms with Gasteiger partial charge in [0.05, 0.1) is 16.6 Å². The zero-order chi connectivity index (χ0) is 24.3. The average Bonchev–Trinajstić information content (AvgIpc) is 3.29. The van der Waals surface area contributed by atoms with Gasteiger partial charge in [-0.15, -0.1) is 0 Å². The molecule has 0 unspecified atom stereocenters. The van der Waals surface area contributed by atoms with Gasteiger partial charge in [-0.05, 0) is 64.9 Å². The minimum Gasteiger partial charge on any atom is -0.309 e. The molecule has 8 aromatic rings. The number of para-hydroxylation sites is 3. The van der Waals surface area contributed by atoms with Crippen molar-refractivity contribution in [3.8, 4) is 16.8 Å². The van der Waals surface area contributed by atoms with E-state index in [2.05, 4.69) is 107 Å². The summed E-state index contributed by atoms with van der Waals surface area (Å²) >= 11 is 0. The number of aromatic nitrogens is 3. The Kier molecular flexibility index (Phi) is 4.23. The summed E-state index contributed by atoms with van der Waals surface area (Å²) in [4.78, 5) is 9.31. The number of pyridine rings is 2. The summed E-state index contributed by atoms with van der Waals surface area (Å²) in [5, 5.41) is 8.43. The van der Waals surface area contributed by atoms with E-state index in [1.54, 1.807) is 0 Å². The highest BCUT2D eigenvalue weighted by molar-refractivity contribution is 6.25. The molecule has 3 heteroatoms. The van der Waals surface area contributed by atoms with Crippen LogP contribution >= 0.6 is 0 Å². The van der Waals surface area contributed by atoms with Crippen LogP contribution in [-0.4, -0.2) is 14.5 Å². The number of nitrogens with zero attached hydrogens (tertiary/aromatic N) is 3. The first-order valence-electron chi connectivity index (χ1n) is 12.5. The van der Waals surface area contributed by atoms with Gasteiger partial charge < -0.3 is 4.57 Å². The van der Waals surface area contributed by atoms with E-state index < -0.39 is 0 Å². The van der Waals surface area contributed by atoms with Crippen molar-refractivity contribution in [2.24, 2.45) is 0 Å². The molecule has 0 saturated heterocycles. The quantitative estimate of drug-likeness (QED) is 0.236. The second-order valence-corrected chi connectivity index (χ2v) is 9.51. The average molecular weight is 472 g/mol. The van der Waals surface area contributed by atoms with E-state index in [1.807, 2.05) is 30.7 Å². The summed E-state index contributed by atoms with van der Waals surface area (Å²) in [6.07, 6.45) is 5.82. The highest BCUT2D eigenvalue weighted by atomic mass is 15.0. The molecular formula is C34H21N3. The van der Waals surface area contributed by atoms with Crippen LogP contribution in [-0.2, 0) is 0 Å². The third kappa shape index (κ3) is 2.95. The summed E-state index contributed by atoms with van der Waals surface area (Å²) < 4.78 is 2.37. The first kappa shape index (κ1) is 20.2. The molecule has 0 bridgehead atoms. The molecule has 3 heterocycles. The Labute approximate surface area is 213 Å². The van der Waals surface area contributed by atoms with Crippen molar-refractivity contribution >= 4 is 54.3 Å². The molecule has 8 rings (SSSR count). The fraction of sp³-hybridized carbons (Fsp3) is 0. The standard InChI is InChI=1S/C34H21N3/c1-2-10-24(11-3-1)37-32-15-7-5-12-25(32)29-18-23-17-28(22-9-8-16-35-20-22)34-26-13-4-6-14-31(26)36-21-30(34)27(23)19-33(29)37/h1-21H. The molecule has 0 amide bonds. The monoisotopic (exact) mass is 471 g/mol. The molecule has 3 nitrogen and oxygen atoms in total. The Bertz CT molecular complexity index is 2120. The number of hydrogen-bond acceptors (Lipinski definition) is 2. The normalized spacial score (nSPS) is 11.8. The van der Waals surface area contributed by atoms with Gasteiger partial charge in [-0.2, -0.15) is 0 Å². The van der Waals surface area contributed by atoms with Gasteiger partial charge in [-0.25, -0.2) is 0 Å². The maximum Gasteiger partial charge on any atom is 0.0708 e. The lowest BCUT2D eigenvalue weighted by Gasteiger charge is -2.14. The van der Waals surface area contributed by atoms with Gasteiger partial charge in [-0.3, -0.25) is 9.97 Å². The van der Waals surface area contributed by atoms with E-state index in [9.17, 15) is 0 Å². The Morgan fingerprint density at radius 2 is 1.35 bits per heavy atom. The Morgan fingerprint density at radius 1 is 0.541 bits per heavy atom. The minimum absolute atomic E-state index is 0.999. The van der Waals surface area contributed by atoms with E-state index in [1.165, 1.54) is 43.5 Å². The topological polar surface area (TPSA) is 30.7 Å². The van der Waals surface area contributed by atoms with Crippen LogP contribution in [0.4, 0.5) is 0 Å². The molecule has 37 heavy (non-hydrogen) atoms. The first-order chi connectivity index (χ1) is 18.4. The third-order valence-corrected chi connectivity index (χ3v) is 7.47. The van der Waals surface area contributed by atoms with Gasteiger partial charge in [0, 0.05) is 56.8 Å². The van der Waals surface area contributed by atoms with E-state index >= 15 is 0 Å². The van der Waals surface area contributed by atoms with Gasteiger partial charge in [0.15, 0.2) is 0 Å². The van der Waals surface area contributed by atoms with Crippen molar-refractivity contribution in [3.05, 3.63) is 128 Å². The molecule has 5 aromatic carbocycles. The van der Waals surface area contributed by atoms with Crippen LogP contribution in [0.5, 0.6) is 0 Å². The van der Waals surface area contributed by atoms with Crippen molar-refractivity contribution < 1.29 is 0 Å². The molecular weight excluding hydrogens is 450 g/mol. The van der Waals surface area contributed by atoms with Gasteiger partial charge in [0.25, 0.3) is 0 Å². The highest BCUT2D eigenvalue weighted by Gasteiger charge is 2.17. The maximum absolute atomic E-state index is 4.88. The Morgan fingerprint density at radius 3 is 2.22 bits per heavy atom. The van der Waals surface area contributed by atoms with Crippen LogP contribution < -0.4 is 0 Å². The molecule has 172 valence electrons. The number of hydrogen-bond donors (Lipinski definition) is 0. The fourth-order valence-corrected chi connectivity index (χ4v) is 5.85. The SMILES string of the molecule is c1ccc(-n2c3ccccc3c3cc4cc(-c5cccnc5)c5c6ccccc6ncc5c4cc32)cc1. The van der Waals surface area contributed by atoms with Crippen LogP contribution in [0, 0.1) is 0 Å². The van der Waals surface area contributed by atoms with Crippen molar-refractivity contribution in [2.75, 3.05) is 0 Å². The summed E-state index contributed by atoms with van der Waals surface area (Å²) in [7, 11) is 0. The zero-order valence-corrected chi connectivity index (χ0v) is 20.0. The molecule has 0 fully saturated rings. The van der Waals surface area contributed by atoms with Gasteiger partial charge in [0.2, 0.25) is 0 Å². The molecule has 0 saturated carbocycles. The Hall–Kier alpha value is -5.02. The summed E-state index contributed by atoms with van der Waals surface area (Å²) in [5.41, 5.74) is 6.85. The van der Waals surface area contributed by atoms with Crippen LogP contribution in [0.25, 0.3) is 71.1 Å². The lowest BCUT2D eigenvalue weighted by molar-refractivity contribution is 1.18. The van der Waals surface area contributed by atoms with Crippen LogP contribution in [0.2, 0.25) is 0 Å². The van der Waals surface area contributed by atoms with Crippen molar-refractivity contribution in [1.82, 2.24) is 14.5 Å². The third-order valence-electron chi connectivity index (χ3n) is 7.47. The minimum atomic E-state index is 0.999. The molecule has 0 N–H and O–H groups in total. The van der Waals surface area contributed by atoms with Crippen LogP contribution in [0.15, 0.2) is 128 Å². The first-order valence-corrected chi connectivity index (χ1v) is 12.5. The van der Waals surface area contributed by atoms with Crippen molar-refractivity contribution in [1.29, 1.82) is 0 Å². The van der Waals surface area contributed by atoms with Gasteiger partial charge in [-0.1, -0.05) is 60.7 Å². The molecule has 0 radical (unpaired) electrons. The fourth-order valence-electron chi connectivity index (χ4n) is 5.85. The molecule has 0 spiro atoms. The second-order valence-electron chi connectivity index (χ2n) is 9.51. The largest absolute Gasteiger partial charge is 0.309 e. The van der Waals surface area contributed by atoms with E-state index in [0.29, 0.717) is 0 Å². The van der Waals surface area contributed by atoms with E-state index in [-0.39, 0.29) is 0 Å². The Balaban J connectivity index is 1.59. The predicted molar refractivity (Wildman–Crippen MR) is 154 cm³/mol. The number of benzene rings is 5. The van der Waals surface area contributed by atoms with E-state index in [4.69, 9.17) is 4.98 Å². The molecule has 3 aromatic heterocycles. The van der Waals surface area contributed by atoms with Crippen LogP contribution in [0.1, 0.15) is 0 Å². The van der Waals surface area contributed by atoms with Gasteiger partial charge >= 0.3 is 0 Å². The molecule has 0 aliphatic heterocycles. The summed E-state index contributed by atoms with van der Waals surface area (Å²) in [6.45, 7) is 0. The summed E-state index contributed by atoms with van der Waals surface area (Å²) in [5.74, 6) is 0. The highest BCUT2D eigenvalue weighted by Crippen LogP contribution is 2.41. The molecule has 0 aliphatic carbocycles. The maximum atomic E-state index is 4.88.